The number of rotatable bonds is 3. The van der Waals surface area contributed by atoms with Gasteiger partial charge in [-0.3, -0.25) is 14.6 Å². The van der Waals surface area contributed by atoms with E-state index in [0.717, 1.165) is 29.9 Å². The first-order valence-corrected chi connectivity index (χ1v) is 9.84. The molecule has 1 aliphatic heterocycles. The third kappa shape index (κ3) is 3.18. The Morgan fingerprint density at radius 1 is 1.00 bits per heavy atom. The maximum Gasteiger partial charge on any atom is 0.193 e. The van der Waals surface area contributed by atoms with E-state index in [1.807, 2.05) is 42.5 Å². The van der Waals surface area contributed by atoms with Crippen LogP contribution in [-0.4, -0.2) is 17.3 Å². The summed E-state index contributed by atoms with van der Waals surface area (Å²) >= 11 is 0. The van der Waals surface area contributed by atoms with Crippen LogP contribution in [0, 0.1) is 5.92 Å². The van der Waals surface area contributed by atoms with Crippen molar-refractivity contribution in [3.8, 4) is 0 Å². The number of aliphatic imine (C=N–C) groups is 1. The number of furan rings is 1. The van der Waals surface area contributed by atoms with Gasteiger partial charge < -0.3 is 9.73 Å². The van der Waals surface area contributed by atoms with E-state index in [4.69, 9.17) is 9.41 Å². The summed E-state index contributed by atoms with van der Waals surface area (Å²) in [4.78, 5) is 30.5. The summed E-state index contributed by atoms with van der Waals surface area (Å²) in [5, 5.41) is 3.46. The zero-order chi connectivity index (χ0) is 19.8. The fourth-order valence-corrected chi connectivity index (χ4v) is 4.20. The molecule has 1 aromatic heterocycles. The first kappa shape index (κ1) is 17.6. The van der Waals surface area contributed by atoms with Gasteiger partial charge in [-0.05, 0) is 43.2 Å². The van der Waals surface area contributed by atoms with Crippen LogP contribution in [0.1, 0.15) is 47.0 Å². The van der Waals surface area contributed by atoms with E-state index in [-0.39, 0.29) is 23.5 Å². The Labute approximate surface area is 168 Å². The van der Waals surface area contributed by atoms with Crippen LogP contribution in [-0.2, 0) is 4.79 Å². The molecule has 0 amide bonds. The van der Waals surface area contributed by atoms with E-state index in [9.17, 15) is 9.59 Å². The second-order valence-electron chi connectivity index (χ2n) is 7.47. The van der Waals surface area contributed by atoms with Gasteiger partial charge >= 0.3 is 0 Å². The Morgan fingerprint density at radius 2 is 1.86 bits per heavy atom. The Hall–Kier alpha value is -3.47. The fraction of sp³-hybridized carbons (Fsp3) is 0.208. The largest absolute Gasteiger partial charge is 0.467 e. The Bertz CT molecular complexity index is 1100. The van der Waals surface area contributed by atoms with E-state index >= 15 is 0 Å². The van der Waals surface area contributed by atoms with E-state index in [0.29, 0.717) is 23.3 Å². The smallest absolute Gasteiger partial charge is 0.193 e. The molecule has 29 heavy (non-hydrogen) atoms. The van der Waals surface area contributed by atoms with Crippen LogP contribution >= 0.6 is 0 Å². The second kappa shape index (κ2) is 7.17. The number of fused-ring (bicyclic) bond motifs is 2. The van der Waals surface area contributed by atoms with Crippen molar-refractivity contribution in [3.05, 3.63) is 83.8 Å². The highest BCUT2D eigenvalue weighted by molar-refractivity contribution is 6.12. The van der Waals surface area contributed by atoms with Gasteiger partial charge in [0.1, 0.15) is 11.5 Å². The maximum absolute atomic E-state index is 12.9. The fourth-order valence-electron chi connectivity index (χ4n) is 4.20. The van der Waals surface area contributed by atoms with Crippen LogP contribution in [0.15, 0.2) is 76.3 Å². The van der Waals surface area contributed by atoms with Crippen LogP contribution in [0.25, 0.3) is 0 Å². The van der Waals surface area contributed by atoms with E-state index < -0.39 is 0 Å². The molecular weight excluding hydrogens is 364 g/mol. The molecule has 5 rings (SSSR count). The van der Waals surface area contributed by atoms with Gasteiger partial charge in [-0.25, -0.2) is 0 Å². The van der Waals surface area contributed by atoms with Crippen LogP contribution in [0.5, 0.6) is 0 Å². The lowest BCUT2D eigenvalue weighted by Gasteiger charge is -2.28. The molecule has 0 saturated heterocycles. The predicted molar refractivity (Wildman–Crippen MR) is 111 cm³/mol. The van der Waals surface area contributed by atoms with Gasteiger partial charge in [0.2, 0.25) is 0 Å². The molecule has 0 bridgehead atoms. The average molecular weight is 384 g/mol. The Balaban J connectivity index is 1.58. The average Bonchev–Trinajstić information content (AvgIpc) is 3.23. The van der Waals surface area contributed by atoms with Gasteiger partial charge in [-0.2, -0.15) is 0 Å². The molecule has 2 heterocycles. The molecule has 5 heteroatoms. The number of nitrogens with one attached hydrogen (secondary N) is 1. The number of hydrogen-bond donors (Lipinski definition) is 1. The highest BCUT2D eigenvalue weighted by atomic mass is 16.3. The van der Waals surface area contributed by atoms with Gasteiger partial charge in [0, 0.05) is 23.3 Å². The summed E-state index contributed by atoms with van der Waals surface area (Å²) in [6.45, 7) is 0. The van der Waals surface area contributed by atoms with Gasteiger partial charge in [-0.1, -0.05) is 30.3 Å². The van der Waals surface area contributed by atoms with Crippen molar-refractivity contribution in [2.75, 3.05) is 5.32 Å². The molecule has 1 fully saturated rings. The molecule has 0 unspecified atom stereocenters. The van der Waals surface area contributed by atoms with E-state index in [2.05, 4.69) is 5.32 Å². The SMILES string of the molecule is O=C(c1ccccc1)c1ccc2c(c1)N[C@@H](c1ccco1)[C@H]1C(=O)CCCC1=N2. The number of anilines is 1. The van der Waals surface area contributed by atoms with E-state index in [1.54, 1.807) is 24.5 Å². The standard InChI is InChI=1S/C24H20N2O3/c27-20-9-4-8-18-22(20)23(21-10-5-13-29-21)26-19-14-16(11-12-17(19)25-18)24(28)15-6-2-1-3-7-15/h1-3,5-7,10-14,22-23,26H,4,8-9H2/t22-,23+/m1/s1. The van der Waals surface area contributed by atoms with E-state index in [1.165, 1.54) is 0 Å². The minimum atomic E-state index is -0.351. The lowest BCUT2D eigenvalue weighted by molar-refractivity contribution is -0.122. The van der Waals surface area contributed by atoms with Crippen molar-refractivity contribution >= 4 is 28.7 Å². The molecule has 0 radical (unpaired) electrons. The number of Topliss-reactive ketones (excluding diaryl/α,β-unsaturated/α-hetero) is 1. The highest BCUT2D eigenvalue weighted by Gasteiger charge is 2.39. The lowest BCUT2D eigenvalue weighted by Crippen LogP contribution is -2.36. The van der Waals surface area contributed by atoms with Crippen LogP contribution < -0.4 is 5.32 Å². The number of hydrogen-bond acceptors (Lipinski definition) is 5. The van der Waals surface area contributed by atoms with Crippen molar-refractivity contribution in [1.82, 2.24) is 0 Å². The zero-order valence-corrected chi connectivity index (χ0v) is 15.8. The molecule has 3 aromatic rings. The molecular formula is C24H20N2O3. The van der Waals surface area contributed by atoms with Crippen molar-refractivity contribution in [2.45, 2.75) is 25.3 Å². The molecule has 1 aliphatic carbocycles. The quantitative estimate of drug-likeness (QED) is 0.636. The molecule has 5 nitrogen and oxygen atoms in total. The number of carbonyl (C=O) groups is 2. The van der Waals surface area contributed by atoms with Gasteiger partial charge in [0.15, 0.2) is 5.78 Å². The molecule has 144 valence electrons. The number of benzene rings is 2. The second-order valence-corrected chi connectivity index (χ2v) is 7.47. The Morgan fingerprint density at radius 3 is 2.66 bits per heavy atom. The van der Waals surface area contributed by atoms with Crippen molar-refractivity contribution in [2.24, 2.45) is 10.9 Å². The molecule has 1 N–H and O–H groups in total. The molecule has 2 atom stereocenters. The number of carbonyl (C=O) groups excluding carboxylic acids is 2. The number of nitrogens with zero attached hydrogens (tertiary/aromatic N) is 1. The lowest BCUT2D eigenvalue weighted by atomic mass is 9.80. The topological polar surface area (TPSA) is 71.7 Å². The third-order valence-electron chi connectivity index (χ3n) is 5.61. The van der Waals surface area contributed by atoms with Crippen LogP contribution in [0.2, 0.25) is 0 Å². The normalized spacial score (nSPS) is 20.7. The first-order chi connectivity index (χ1) is 14.2. The van der Waals surface area contributed by atoms with Crippen molar-refractivity contribution in [3.63, 3.8) is 0 Å². The first-order valence-electron chi connectivity index (χ1n) is 9.84. The summed E-state index contributed by atoms with van der Waals surface area (Å²) in [5.74, 6) is 0.480. The van der Waals surface area contributed by atoms with Gasteiger partial charge in [-0.15, -0.1) is 0 Å². The summed E-state index contributed by atoms with van der Waals surface area (Å²) < 4.78 is 5.65. The van der Waals surface area contributed by atoms with Gasteiger partial charge in [0.25, 0.3) is 0 Å². The Kier molecular flexibility index (Phi) is 4.35. The number of ketones is 2. The predicted octanol–water partition coefficient (Wildman–Crippen LogP) is 5.12. The molecule has 1 saturated carbocycles. The summed E-state index contributed by atoms with van der Waals surface area (Å²) in [6, 6.07) is 18.0. The van der Waals surface area contributed by atoms with Crippen molar-refractivity contribution < 1.29 is 14.0 Å². The summed E-state index contributed by atoms with van der Waals surface area (Å²) in [5.41, 5.74) is 3.59. The molecule has 2 aliphatic rings. The van der Waals surface area contributed by atoms with Crippen LogP contribution in [0.3, 0.4) is 0 Å². The highest BCUT2D eigenvalue weighted by Crippen LogP contribution is 2.41. The maximum atomic E-state index is 12.9. The van der Waals surface area contributed by atoms with Crippen molar-refractivity contribution in [1.29, 1.82) is 0 Å². The zero-order valence-electron chi connectivity index (χ0n) is 15.8. The summed E-state index contributed by atoms with van der Waals surface area (Å²) in [6.07, 6.45) is 3.78. The minimum absolute atomic E-state index is 0.0462. The minimum Gasteiger partial charge on any atom is -0.467 e. The summed E-state index contributed by atoms with van der Waals surface area (Å²) in [7, 11) is 0. The monoisotopic (exact) mass is 384 g/mol. The molecule has 0 spiro atoms. The third-order valence-corrected chi connectivity index (χ3v) is 5.61. The van der Waals surface area contributed by atoms with Crippen LogP contribution in [0.4, 0.5) is 11.4 Å². The van der Waals surface area contributed by atoms with Gasteiger partial charge in [0.05, 0.1) is 29.6 Å². The molecule has 2 aromatic carbocycles.